The Balaban J connectivity index is 1.39. The van der Waals surface area contributed by atoms with Crippen LogP contribution in [-0.4, -0.2) is 64.4 Å². The summed E-state index contributed by atoms with van der Waals surface area (Å²) in [7, 11) is 3.54. The van der Waals surface area contributed by atoms with Crippen LogP contribution in [0.3, 0.4) is 0 Å². The number of morpholine rings is 1. The fraction of sp³-hybridized carbons (Fsp3) is 0.480. The summed E-state index contributed by atoms with van der Waals surface area (Å²) in [6.07, 6.45) is 2.45. The second kappa shape index (κ2) is 10.2. The molecular weight excluding hydrogens is 388 g/mol. The lowest BCUT2D eigenvalue weighted by Crippen LogP contribution is -2.47. The van der Waals surface area contributed by atoms with E-state index in [1.807, 2.05) is 19.2 Å². The molecule has 1 aliphatic carbocycles. The van der Waals surface area contributed by atoms with Crippen LogP contribution in [0.2, 0.25) is 0 Å². The highest BCUT2D eigenvalue weighted by Crippen LogP contribution is 2.47. The van der Waals surface area contributed by atoms with E-state index in [4.69, 9.17) is 9.47 Å². The molecule has 2 aliphatic rings. The second-order valence-electron chi connectivity index (χ2n) is 8.39. The highest BCUT2D eigenvalue weighted by atomic mass is 16.5. The molecule has 2 aromatic rings. The third-order valence-electron chi connectivity index (χ3n) is 6.51. The van der Waals surface area contributed by atoms with Crippen molar-refractivity contribution in [2.75, 3.05) is 53.6 Å². The van der Waals surface area contributed by atoms with Crippen molar-refractivity contribution in [3.8, 4) is 5.75 Å². The molecule has 0 amide bonds. The number of nitrogens with one attached hydrogen (secondary N) is 2. The van der Waals surface area contributed by atoms with Crippen molar-refractivity contribution in [1.29, 1.82) is 0 Å². The number of hydrogen-bond acceptors (Lipinski definition) is 4. The molecule has 0 aromatic heterocycles. The Morgan fingerprint density at radius 3 is 2.39 bits per heavy atom. The maximum absolute atomic E-state index is 5.58. The van der Waals surface area contributed by atoms with Crippen molar-refractivity contribution >= 4 is 5.96 Å². The molecule has 2 N–H and O–H groups in total. The van der Waals surface area contributed by atoms with Crippen molar-refractivity contribution in [3.63, 3.8) is 0 Å². The van der Waals surface area contributed by atoms with Gasteiger partial charge in [-0.3, -0.25) is 9.89 Å². The van der Waals surface area contributed by atoms with Crippen molar-refractivity contribution in [1.82, 2.24) is 15.5 Å². The van der Waals surface area contributed by atoms with E-state index in [1.165, 1.54) is 24.0 Å². The van der Waals surface area contributed by atoms with Gasteiger partial charge in [0.1, 0.15) is 5.75 Å². The first-order valence-electron chi connectivity index (χ1n) is 11.2. The van der Waals surface area contributed by atoms with Gasteiger partial charge in [0.25, 0.3) is 0 Å². The maximum atomic E-state index is 5.58. The fourth-order valence-corrected chi connectivity index (χ4v) is 4.35. The quantitative estimate of drug-likeness (QED) is 0.506. The first kappa shape index (κ1) is 21.7. The zero-order valence-corrected chi connectivity index (χ0v) is 18.6. The molecular formula is C25H34N4O2. The van der Waals surface area contributed by atoms with Crippen LogP contribution in [0.5, 0.6) is 5.75 Å². The summed E-state index contributed by atoms with van der Waals surface area (Å²) in [4.78, 5) is 6.97. The summed E-state index contributed by atoms with van der Waals surface area (Å²) in [5.74, 6) is 1.74. The van der Waals surface area contributed by atoms with Gasteiger partial charge in [0.05, 0.1) is 26.4 Å². The van der Waals surface area contributed by atoms with E-state index in [1.54, 1.807) is 7.11 Å². The van der Waals surface area contributed by atoms with Crippen LogP contribution in [0.25, 0.3) is 0 Å². The Labute approximate surface area is 185 Å². The SMILES string of the molecule is CN=C(NCC(c1ccc(OC)cc1)N1CCOCC1)NCC1(c2ccccc2)CC1. The van der Waals surface area contributed by atoms with Gasteiger partial charge in [-0.2, -0.15) is 0 Å². The number of nitrogens with zero attached hydrogens (tertiary/aromatic N) is 2. The smallest absolute Gasteiger partial charge is 0.191 e. The molecule has 1 saturated carbocycles. The molecule has 166 valence electrons. The van der Waals surface area contributed by atoms with Crippen LogP contribution in [0.1, 0.15) is 30.0 Å². The zero-order valence-electron chi connectivity index (χ0n) is 18.6. The Bertz CT molecular complexity index is 844. The van der Waals surface area contributed by atoms with Gasteiger partial charge >= 0.3 is 0 Å². The third-order valence-corrected chi connectivity index (χ3v) is 6.51. The molecule has 1 saturated heterocycles. The number of guanidine groups is 1. The highest BCUT2D eigenvalue weighted by Gasteiger charge is 2.44. The average Bonchev–Trinajstić information content (AvgIpc) is 3.64. The van der Waals surface area contributed by atoms with Crippen LogP contribution in [0.15, 0.2) is 59.6 Å². The van der Waals surface area contributed by atoms with Crippen molar-refractivity contribution in [3.05, 3.63) is 65.7 Å². The monoisotopic (exact) mass is 422 g/mol. The van der Waals surface area contributed by atoms with E-state index in [0.29, 0.717) is 0 Å². The molecule has 1 atom stereocenters. The van der Waals surface area contributed by atoms with Crippen LogP contribution in [0, 0.1) is 0 Å². The summed E-state index contributed by atoms with van der Waals surface area (Å²) in [5, 5.41) is 7.15. The van der Waals surface area contributed by atoms with E-state index in [2.05, 4.69) is 63.0 Å². The Morgan fingerprint density at radius 1 is 1.06 bits per heavy atom. The van der Waals surface area contributed by atoms with E-state index in [-0.39, 0.29) is 11.5 Å². The number of methoxy groups -OCH3 is 1. The summed E-state index contributed by atoms with van der Waals surface area (Å²) in [6, 6.07) is 19.5. The number of aliphatic imine (C=N–C) groups is 1. The van der Waals surface area contributed by atoms with Gasteiger partial charge in [-0.15, -0.1) is 0 Å². The van der Waals surface area contributed by atoms with Gasteiger partial charge in [0, 0.05) is 38.6 Å². The van der Waals surface area contributed by atoms with Crippen molar-refractivity contribution < 1.29 is 9.47 Å². The van der Waals surface area contributed by atoms with E-state index in [0.717, 1.165) is 51.1 Å². The summed E-state index contributed by atoms with van der Waals surface area (Å²) in [5.41, 5.74) is 2.94. The minimum absolute atomic E-state index is 0.248. The first-order chi connectivity index (χ1) is 15.2. The minimum Gasteiger partial charge on any atom is -0.497 e. The largest absolute Gasteiger partial charge is 0.497 e. The second-order valence-corrected chi connectivity index (χ2v) is 8.39. The van der Waals surface area contributed by atoms with Crippen LogP contribution in [-0.2, 0) is 10.2 Å². The zero-order chi connectivity index (χ0) is 21.5. The van der Waals surface area contributed by atoms with Gasteiger partial charge in [-0.1, -0.05) is 42.5 Å². The predicted molar refractivity (Wildman–Crippen MR) is 125 cm³/mol. The van der Waals surface area contributed by atoms with Crippen LogP contribution >= 0.6 is 0 Å². The molecule has 0 bridgehead atoms. The minimum atomic E-state index is 0.248. The lowest BCUT2D eigenvalue weighted by Gasteiger charge is -2.35. The van der Waals surface area contributed by atoms with Gasteiger partial charge in [-0.25, -0.2) is 0 Å². The maximum Gasteiger partial charge on any atom is 0.191 e. The Kier molecular flexibility index (Phi) is 7.10. The fourth-order valence-electron chi connectivity index (χ4n) is 4.35. The first-order valence-corrected chi connectivity index (χ1v) is 11.2. The molecule has 0 spiro atoms. The molecule has 1 heterocycles. The van der Waals surface area contributed by atoms with Gasteiger partial charge < -0.3 is 20.1 Å². The molecule has 2 aromatic carbocycles. The highest BCUT2D eigenvalue weighted by molar-refractivity contribution is 5.79. The van der Waals surface area contributed by atoms with Crippen LogP contribution in [0.4, 0.5) is 0 Å². The van der Waals surface area contributed by atoms with E-state index in [9.17, 15) is 0 Å². The van der Waals surface area contributed by atoms with E-state index >= 15 is 0 Å². The molecule has 4 rings (SSSR count). The topological polar surface area (TPSA) is 58.1 Å². The predicted octanol–water partition coefficient (Wildman–Crippen LogP) is 2.97. The van der Waals surface area contributed by atoms with Gasteiger partial charge in [0.2, 0.25) is 0 Å². The van der Waals surface area contributed by atoms with Crippen LogP contribution < -0.4 is 15.4 Å². The normalized spacial score (nSPS) is 19.5. The van der Waals surface area contributed by atoms with Crippen molar-refractivity contribution in [2.24, 2.45) is 4.99 Å². The van der Waals surface area contributed by atoms with Crippen molar-refractivity contribution in [2.45, 2.75) is 24.3 Å². The Morgan fingerprint density at radius 2 is 1.77 bits per heavy atom. The number of benzene rings is 2. The standard InChI is InChI=1S/C25H34N4O2/c1-26-24(28-19-25(12-13-25)21-6-4-3-5-7-21)27-18-23(29-14-16-31-17-15-29)20-8-10-22(30-2)11-9-20/h3-11,23H,12-19H2,1-2H3,(H2,26,27,28). The lowest BCUT2D eigenvalue weighted by atomic mass is 9.96. The van der Waals surface area contributed by atoms with E-state index < -0.39 is 0 Å². The summed E-state index contributed by atoms with van der Waals surface area (Å²) in [6.45, 7) is 5.10. The molecule has 31 heavy (non-hydrogen) atoms. The molecule has 2 fully saturated rings. The molecule has 6 nitrogen and oxygen atoms in total. The molecule has 1 aliphatic heterocycles. The number of rotatable bonds is 8. The summed E-state index contributed by atoms with van der Waals surface area (Å²) < 4.78 is 10.9. The molecule has 6 heteroatoms. The third kappa shape index (κ3) is 5.38. The lowest BCUT2D eigenvalue weighted by molar-refractivity contribution is 0.0170. The molecule has 0 radical (unpaired) electrons. The van der Waals surface area contributed by atoms with Gasteiger partial charge in [-0.05, 0) is 36.1 Å². The number of ether oxygens (including phenoxy) is 2. The number of hydrogen-bond donors (Lipinski definition) is 2. The molecule has 1 unspecified atom stereocenters. The Hall–Kier alpha value is -2.57. The summed E-state index contributed by atoms with van der Waals surface area (Å²) >= 11 is 0. The van der Waals surface area contributed by atoms with Gasteiger partial charge in [0.15, 0.2) is 5.96 Å². The average molecular weight is 423 g/mol.